The highest BCUT2D eigenvalue weighted by Crippen LogP contribution is 2.44. The van der Waals surface area contributed by atoms with Gasteiger partial charge in [-0.3, -0.25) is 0 Å². The van der Waals surface area contributed by atoms with Crippen LogP contribution in [0.15, 0.2) is 103 Å². The molecule has 1 N–H and O–H groups in total. The van der Waals surface area contributed by atoms with E-state index < -0.39 is 7.14 Å². The normalized spacial score (nSPS) is 11.1. The molecule has 1 aromatic heterocycles. The first-order valence-corrected chi connectivity index (χ1v) is 10.3. The van der Waals surface area contributed by atoms with Crippen molar-refractivity contribution in [2.45, 2.75) is 0 Å². The number of nitrogens with zero attached hydrogens (tertiary/aromatic N) is 2. The predicted octanol–water partition coefficient (Wildman–Crippen LogP) is 3.86. The molecule has 0 saturated carbocycles. The average molecular weight is 371 g/mol. The Morgan fingerprint density at radius 1 is 0.630 bits per heavy atom. The highest BCUT2D eigenvalue weighted by atomic mass is 31.2. The fourth-order valence-corrected chi connectivity index (χ4v) is 5.85. The Morgan fingerprint density at radius 2 is 1.15 bits per heavy atom. The quantitative estimate of drug-likeness (QED) is 0.541. The summed E-state index contributed by atoms with van der Waals surface area (Å²) in [7, 11) is -3.07. The van der Waals surface area contributed by atoms with Crippen molar-refractivity contribution in [2.75, 3.05) is 5.32 Å². The maximum Gasteiger partial charge on any atom is 0.227 e. The van der Waals surface area contributed by atoms with Gasteiger partial charge >= 0.3 is 0 Å². The second-order valence-electron chi connectivity index (χ2n) is 5.99. The molecule has 0 bridgehead atoms. The van der Waals surface area contributed by atoms with Crippen molar-refractivity contribution in [3.8, 4) is 0 Å². The lowest BCUT2D eigenvalue weighted by Gasteiger charge is -2.22. The van der Waals surface area contributed by atoms with Crippen molar-refractivity contribution in [3.63, 3.8) is 0 Å². The highest BCUT2D eigenvalue weighted by molar-refractivity contribution is 7.85. The standard InChI is InChI=1S/C22H18N3OP/c26-27(18-10-3-1-4-11-18,19-12-5-2-6-13-19)21-15-8-7-14-20(21)25-22-23-16-9-17-24-22/h1-17H,(H,23,24,25). The summed E-state index contributed by atoms with van der Waals surface area (Å²) in [5.74, 6) is 0.470. The van der Waals surface area contributed by atoms with E-state index in [0.717, 1.165) is 21.6 Å². The van der Waals surface area contributed by atoms with Crippen molar-refractivity contribution >= 4 is 34.7 Å². The van der Waals surface area contributed by atoms with E-state index in [1.54, 1.807) is 18.5 Å². The topological polar surface area (TPSA) is 54.9 Å². The van der Waals surface area contributed by atoms with Crippen LogP contribution in [0.5, 0.6) is 0 Å². The van der Waals surface area contributed by atoms with E-state index in [9.17, 15) is 4.57 Å². The minimum atomic E-state index is -3.07. The van der Waals surface area contributed by atoms with Gasteiger partial charge in [-0.05, 0) is 18.2 Å². The van der Waals surface area contributed by atoms with Crippen LogP contribution < -0.4 is 21.2 Å². The molecule has 0 fully saturated rings. The number of benzene rings is 3. The molecule has 4 nitrogen and oxygen atoms in total. The molecule has 0 aliphatic carbocycles. The maximum atomic E-state index is 14.5. The van der Waals surface area contributed by atoms with Gasteiger partial charge in [0.05, 0.1) is 5.69 Å². The molecule has 0 radical (unpaired) electrons. The van der Waals surface area contributed by atoms with Crippen LogP contribution in [0.2, 0.25) is 0 Å². The number of hydrogen-bond donors (Lipinski definition) is 1. The molecule has 0 spiro atoms. The number of aromatic nitrogens is 2. The number of anilines is 2. The van der Waals surface area contributed by atoms with Gasteiger partial charge in [0.15, 0.2) is 7.14 Å². The Kier molecular flexibility index (Phi) is 4.82. The molecule has 4 rings (SSSR count). The maximum absolute atomic E-state index is 14.5. The molecule has 0 aliphatic rings. The fraction of sp³-hybridized carbons (Fsp3) is 0. The van der Waals surface area contributed by atoms with Gasteiger partial charge in [-0.25, -0.2) is 9.97 Å². The second-order valence-corrected chi connectivity index (χ2v) is 8.73. The SMILES string of the molecule is O=P(c1ccccc1)(c1ccccc1)c1ccccc1Nc1ncccn1. The van der Waals surface area contributed by atoms with Crippen LogP contribution >= 0.6 is 7.14 Å². The zero-order valence-electron chi connectivity index (χ0n) is 14.6. The Morgan fingerprint density at radius 3 is 1.74 bits per heavy atom. The number of para-hydroxylation sites is 1. The van der Waals surface area contributed by atoms with Gasteiger partial charge in [-0.2, -0.15) is 0 Å². The summed E-state index contributed by atoms with van der Waals surface area (Å²) in [5.41, 5.74) is 0.736. The summed E-state index contributed by atoms with van der Waals surface area (Å²) < 4.78 is 14.5. The van der Waals surface area contributed by atoms with Crippen LogP contribution in [0.4, 0.5) is 11.6 Å². The van der Waals surface area contributed by atoms with Gasteiger partial charge < -0.3 is 9.88 Å². The number of hydrogen-bond acceptors (Lipinski definition) is 4. The molecule has 0 saturated heterocycles. The largest absolute Gasteiger partial charge is 0.323 e. The lowest BCUT2D eigenvalue weighted by Crippen LogP contribution is -2.26. The molecule has 132 valence electrons. The van der Waals surface area contributed by atoms with Gasteiger partial charge in [0, 0.05) is 28.3 Å². The molecular formula is C22H18N3OP. The van der Waals surface area contributed by atoms with Crippen molar-refractivity contribution in [3.05, 3.63) is 103 Å². The molecule has 27 heavy (non-hydrogen) atoms. The third-order valence-electron chi connectivity index (χ3n) is 4.30. The van der Waals surface area contributed by atoms with E-state index in [4.69, 9.17) is 0 Å². The summed E-state index contributed by atoms with van der Waals surface area (Å²) in [4.78, 5) is 8.46. The van der Waals surface area contributed by atoms with Gasteiger partial charge in [0.1, 0.15) is 0 Å². The van der Waals surface area contributed by atoms with E-state index >= 15 is 0 Å². The average Bonchev–Trinajstić information content (AvgIpc) is 2.75. The first-order valence-electron chi connectivity index (χ1n) is 8.63. The van der Waals surface area contributed by atoms with Crippen LogP contribution in [0.25, 0.3) is 0 Å². The molecule has 4 aromatic rings. The van der Waals surface area contributed by atoms with Gasteiger partial charge in [-0.1, -0.05) is 72.8 Å². The molecule has 0 atom stereocenters. The molecule has 1 heterocycles. The third kappa shape index (κ3) is 3.40. The Balaban J connectivity index is 1.91. The van der Waals surface area contributed by atoms with Gasteiger partial charge in [0.2, 0.25) is 5.95 Å². The van der Waals surface area contributed by atoms with Crippen LogP contribution in [-0.4, -0.2) is 9.97 Å². The minimum Gasteiger partial charge on any atom is -0.323 e. The second kappa shape index (κ2) is 7.56. The van der Waals surface area contributed by atoms with Crippen molar-refractivity contribution < 1.29 is 4.57 Å². The van der Waals surface area contributed by atoms with Gasteiger partial charge in [-0.15, -0.1) is 0 Å². The van der Waals surface area contributed by atoms with E-state index in [1.165, 1.54) is 0 Å². The lowest BCUT2D eigenvalue weighted by molar-refractivity contribution is 0.592. The molecule has 0 amide bonds. The summed E-state index contributed by atoms with van der Waals surface area (Å²) >= 11 is 0. The summed E-state index contributed by atoms with van der Waals surface area (Å²) in [5, 5.41) is 5.54. The highest BCUT2D eigenvalue weighted by Gasteiger charge is 2.31. The van der Waals surface area contributed by atoms with Crippen molar-refractivity contribution in [2.24, 2.45) is 0 Å². The summed E-state index contributed by atoms with van der Waals surface area (Å²) in [6, 6.07) is 28.6. The first-order chi connectivity index (χ1) is 13.3. The lowest BCUT2D eigenvalue weighted by atomic mass is 10.3. The van der Waals surface area contributed by atoms with E-state index in [2.05, 4.69) is 15.3 Å². The Hall–Kier alpha value is -3.23. The summed E-state index contributed by atoms with van der Waals surface area (Å²) in [6.07, 6.45) is 3.35. The van der Waals surface area contributed by atoms with E-state index in [1.807, 2.05) is 84.9 Å². The third-order valence-corrected chi connectivity index (χ3v) is 7.41. The van der Waals surface area contributed by atoms with Gasteiger partial charge in [0.25, 0.3) is 0 Å². The van der Waals surface area contributed by atoms with E-state index in [0.29, 0.717) is 5.95 Å². The Labute approximate surface area is 158 Å². The molecule has 0 unspecified atom stereocenters. The monoisotopic (exact) mass is 371 g/mol. The summed E-state index contributed by atoms with van der Waals surface area (Å²) in [6.45, 7) is 0. The zero-order chi connectivity index (χ0) is 18.5. The molecule has 3 aromatic carbocycles. The minimum absolute atomic E-state index is 0.470. The van der Waals surface area contributed by atoms with Crippen LogP contribution in [0.3, 0.4) is 0 Å². The van der Waals surface area contributed by atoms with Crippen LogP contribution in [0, 0.1) is 0 Å². The first kappa shape index (κ1) is 17.2. The number of rotatable bonds is 5. The van der Waals surface area contributed by atoms with Crippen molar-refractivity contribution in [1.29, 1.82) is 0 Å². The molecule has 5 heteroatoms. The Bertz CT molecular complexity index is 1030. The van der Waals surface area contributed by atoms with Crippen molar-refractivity contribution in [1.82, 2.24) is 9.97 Å². The fourth-order valence-electron chi connectivity index (χ4n) is 3.04. The smallest absolute Gasteiger partial charge is 0.227 e. The molecule has 0 aliphatic heterocycles. The zero-order valence-corrected chi connectivity index (χ0v) is 15.5. The van der Waals surface area contributed by atoms with Crippen LogP contribution in [0.1, 0.15) is 0 Å². The predicted molar refractivity (Wildman–Crippen MR) is 111 cm³/mol. The van der Waals surface area contributed by atoms with E-state index in [-0.39, 0.29) is 0 Å². The number of nitrogens with one attached hydrogen (secondary N) is 1. The van der Waals surface area contributed by atoms with Crippen LogP contribution in [-0.2, 0) is 4.57 Å². The molecular weight excluding hydrogens is 353 g/mol.